The standard InChI is InChI=1S/C6H15NO.C2H6O/c1-7(2)5-3-4-6-8;1-2-3/h8H,3-6H2,1-2H3;3H,2H2,1H3. The lowest BCUT2D eigenvalue weighted by molar-refractivity contribution is 0.273. The summed E-state index contributed by atoms with van der Waals surface area (Å²) in [5, 5.41) is 15.9. The van der Waals surface area contributed by atoms with Crippen LogP contribution in [0, 0.1) is 0 Å². The Kier molecular flexibility index (Phi) is 15.4. The van der Waals surface area contributed by atoms with Gasteiger partial charge < -0.3 is 15.1 Å². The predicted molar refractivity (Wildman–Crippen MR) is 47.6 cm³/mol. The van der Waals surface area contributed by atoms with Crippen molar-refractivity contribution in [1.82, 2.24) is 4.90 Å². The van der Waals surface area contributed by atoms with E-state index in [0.29, 0.717) is 6.61 Å². The normalized spacial score (nSPS) is 9.27. The highest BCUT2D eigenvalue weighted by atomic mass is 16.3. The molecule has 0 aromatic rings. The first-order valence-electron chi connectivity index (χ1n) is 4.05. The van der Waals surface area contributed by atoms with Gasteiger partial charge in [0.1, 0.15) is 0 Å². The van der Waals surface area contributed by atoms with E-state index in [1.165, 1.54) is 0 Å². The van der Waals surface area contributed by atoms with E-state index in [-0.39, 0.29) is 6.61 Å². The zero-order chi connectivity index (χ0) is 9.11. The van der Waals surface area contributed by atoms with Crippen LogP contribution in [0.3, 0.4) is 0 Å². The van der Waals surface area contributed by atoms with Crippen LogP contribution < -0.4 is 0 Å². The van der Waals surface area contributed by atoms with Crippen molar-refractivity contribution in [2.24, 2.45) is 0 Å². The minimum Gasteiger partial charge on any atom is -0.397 e. The van der Waals surface area contributed by atoms with Gasteiger partial charge in [0.2, 0.25) is 0 Å². The molecule has 0 heterocycles. The average Bonchev–Trinajstić information content (AvgIpc) is 1.89. The fourth-order valence-electron chi connectivity index (χ4n) is 0.540. The Labute approximate surface area is 69.6 Å². The van der Waals surface area contributed by atoms with E-state index in [1.54, 1.807) is 6.92 Å². The van der Waals surface area contributed by atoms with E-state index in [9.17, 15) is 0 Å². The van der Waals surface area contributed by atoms with Crippen LogP contribution in [0.5, 0.6) is 0 Å². The summed E-state index contributed by atoms with van der Waals surface area (Å²) in [5.74, 6) is 0. The lowest BCUT2D eigenvalue weighted by atomic mass is 10.3. The first-order valence-corrected chi connectivity index (χ1v) is 4.05. The number of rotatable bonds is 4. The number of aliphatic hydroxyl groups is 2. The summed E-state index contributed by atoms with van der Waals surface area (Å²) in [7, 11) is 4.08. The van der Waals surface area contributed by atoms with Crippen LogP contribution in [-0.2, 0) is 0 Å². The third-order valence-electron chi connectivity index (χ3n) is 1.01. The number of hydrogen-bond donors (Lipinski definition) is 2. The van der Waals surface area contributed by atoms with Crippen LogP contribution in [0.4, 0.5) is 0 Å². The van der Waals surface area contributed by atoms with Crippen molar-refractivity contribution in [3.8, 4) is 0 Å². The quantitative estimate of drug-likeness (QED) is 0.587. The highest BCUT2D eigenvalue weighted by Crippen LogP contribution is 1.87. The van der Waals surface area contributed by atoms with Gasteiger partial charge in [0.15, 0.2) is 0 Å². The van der Waals surface area contributed by atoms with Gasteiger partial charge in [0.25, 0.3) is 0 Å². The first-order chi connectivity index (χ1) is 5.18. The largest absolute Gasteiger partial charge is 0.397 e. The summed E-state index contributed by atoms with van der Waals surface area (Å²) in [6.07, 6.45) is 2.03. The molecular weight excluding hydrogens is 142 g/mol. The summed E-state index contributed by atoms with van der Waals surface area (Å²) in [6.45, 7) is 3.34. The Morgan fingerprint density at radius 3 is 1.82 bits per heavy atom. The molecule has 2 N–H and O–H groups in total. The second-order valence-corrected chi connectivity index (χ2v) is 2.55. The maximum atomic E-state index is 8.36. The highest BCUT2D eigenvalue weighted by Gasteiger charge is 1.87. The monoisotopic (exact) mass is 163 g/mol. The van der Waals surface area contributed by atoms with Crippen LogP contribution in [0.1, 0.15) is 19.8 Å². The molecule has 0 aliphatic rings. The maximum Gasteiger partial charge on any atom is 0.0431 e. The molecule has 0 radical (unpaired) electrons. The van der Waals surface area contributed by atoms with E-state index in [0.717, 1.165) is 19.4 Å². The van der Waals surface area contributed by atoms with Gasteiger partial charge in [-0.05, 0) is 40.4 Å². The van der Waals surface area contributed by atoms with Crippen molar-refractivity contribution in [2.45, 2.75) is 19.8 Å². The Balaban J connectivity index is 0. The van der Waals surface area contributed by atoms with Gasteiger partial charge in [0.05, 0.1) is 0 Å². The molecule has 0 unspecified atom stereocenters. The molecule has 0 aromatic heterocycles. The van der Waals surface area contributed by atoms with Gasteiger partial charge in [-0.15, -0.1) is 0 Å². The van der Waals surface area contributed by atoms with Crippen LogP contribution in [-0.4, -0.2) is 49.0 Å². The van der Waals surface area contributed by atoms with Gasteiger partial charge in [-0.25, -0.2) is 0 Å². The molecule has 11 heavy (non-hydrogen) atoms. The van der Waals surface area contributed by atoms with Gasteiger partial charge in [-0.3, -0.25) is 0 Å². The zero-order valence-corrected chi connectivity index (χ0v) is 7.88. The number of unbranched alkanes of at least 4 members (excludes halogenated alkanes) is 1. The van der Waals surface area contributed by atoms with E-state index in [4.69, 9.17) is 10.2 Å². The molecule has 0 fully saturated rings. The Morgan fingerprint density at radius 1 is 1.09 bits per heavy atom. The van der Waals surface area contributed by atoms with Crippen molar-refractivity contribution in [1.29, 1.82) is 0 Å². The summed E-state index contributed by atoms with van der Waals surface area (Å²) >= 11 is 0. The van der Waals surface area contributed by atoms with E-state index in [1.807, 2.05) is 14.1 Å². The van der Waals surface area contributed by atoms with Crippen molar-refractivity contribution in [3.63, 3.8) is 0 Å². The van der Waals surface area contributed by atoms with Crippen LogP contribution in [0.25, 0.3) is 0 Å². The third-order valence-corrected chi connectivity index (χ3v) is 1.01. The van der Waals surface area contributed by atoms with Gasteiger partial charge >= 0.3 is 0 Å². The topological polar surface area (TPSA) is 43.7 Å². The van der Waals surface area contributed by atoms with E-state index in [2.05, 4.69) is 4.90 Å². The van der Waals surface area contributed by atoms with Crippen molar-refractivity contribution >= 4 is 0 Å². The molecule has 0 amide bonds. The summed E-state index contributed by atoms with van der Waals surface area (Å²) in [5.41, 5.74) is 0. The Bertz CT molecular complexity index is 58.1. The number of nitrogens with zero attached hydrogens (tertiary/aromatic N) is 1. The van der Waals surface area contributed by atoms with E-state index < -0.39 is 0 Å². The minimum absolute atomic E-state index is 0.250. The minimum atomic E-state index is 0.250. The van der Waals surface area contributed by atoms with E-state index >= 15 is 0 Å². The van der Waals surface area contributed by atoms with Gasteiger partial charge in [-0.1, -0.05) is 0 Å². The Morgan fingerprint density at radius 2 is 1.55 bits per heavy atom. The molecule has 0 saturated heterocycles. The summed E-state index contributed by atoms with van der Waals surface area (Å²) in [4.78, 5) is 2.12. The lowest BCUT2D eigenvalue weighted by Crippen LogP contribution is -2.12. The highest BCUT2D eigenvalue weighted by molar-refractivity contribution is 4.42. The fraction of sp³-hybridized carbons (Fsp3) is 1.00. The van der Waals surface area contributed by atoms with Crippen LogP contribution in [0.2, 0.25) is 0 Å². The fourth-order valence-corrected chi connectivity index (χ4v) is 0.540. The molecule has 0 bridgehead atoms. The molecular formula is C8H21NO2. The average molecular weight is 163 g/mol. The molecule has 0 atom stereocenters. The first kappa shape index (κ1) is 13.5. The summed E-state index contributed by atoms with van der Waals surface area (Å²) in [6, 6.07) is 0. The molecule has 3 nitrogen and oxygen atoms in total. The molecule has 0 saturated carbocycles. The van der Waals surface area contributed by atoms with Crippen LogP contribution >= 0.6 is 0 Å². The number of aliphatic hydroxyl groups excluding tert-OH is 2. The van der Waals surface area contributed by atoms with Gasteiger partial charge in [-0.2, -0.15) is 0 Å². The lowest BCUT2D eigenvalue weighted by Gasteiger charge is -2.06. The third kappa shape index (κ3) is 25.8. The zero-order valence-electron chi connectivity index (χ0n) is 7.88. The molecule has 0 aliphatic heterocycles. The predicted octanol–water partition coefficient (Wildman–Crippen LogP) is 0.319. The van der Waals surface area contributed by atoms with Crippen molar-refractivity contribution in [2.75, 3.05) is 33.9 Å². The summed E-state index contributed by atoms with van der Waals surface area (Å²) < 4.78 is 0. The molecule has 0 aliphatic carbocycles. The Hall–Kier alpha value is -0.120. The SMILES string of the molecule is CCO.CN(C)CCCCO. The molecule has 0 aromatic carbocycles. The van der Waals surface area contributed by atoms with Gasteiger partial charge in [0, 0.05) is 13.2 Å². The maximum absolute atomic E-state index is 8.36. The smallest absolute Gasteiger partial charge is 0.0431 e. The second-order valence-electron chi connectivity index (χ2n) is 2.55. The van der Waals surface area contributed by atoms with Crippen LogP contribution in [0.15, 0.2) is 0 Å². The second kappa shape index (κ2) is 12.5. The number of hydrogen-bond acceptors (Lipinski definition) is 3. The molecule has 0 spiro atoms. The van der Waals surface area contributed by atoms with Crippen molar-refractivity contribution in [3.05, 3.63) is 0 Å². The van der Waals surface area contributed by atoms with Crippen molar-refractivity contribution < 1.29 is 10.2 Å². The molecule has 0 rings (SSSR count). The molecule has 3 heteroatoms. The molecule has 70 valence electrons.